The Morgan fingerprint density at radius 3 is 2.81 bits per heavy atom. The number of hydrogen-bond donors (Lipinski definition) is 1. The van der Waals surface area contributed by atoms with Crippen LogP contribution in [-0.4, -0.2) is 33.8 Å². The Labute approximate surface area is 155 Å². The van der Waals surface area contributed by atoms with Crippen molar-refractivity contribution in [2.75, 3.05) is 12.4 Å². The number of fused-ring (bicyclic) bond motifs is 1. The maximum atomic E-state index is 12.2. The van der Waals surface area contributed by atoms with Gasteiger partial charge in [-0.1, -0.05) is 18.2 Å². The number of carbonyl (C=O) groups excluding carboxylic acids is 2. The normalized spacial score (nSPS) is 10.4. The maximum absolute atomic E-state index is 12.2. The van der Waals surface area contributed by atoms with Crippen molar-refractivity contribution in [3.05, 3.63) is 47.7 Å². The van der Waals surface area contributed by atoms with Crippen molar-refractivity contribution in [3.8, 4) is 11.9 Å². The molecule has 0 spiro atoms. The monoisotopic (exact) mass is 363 g/mol. The summed E-state index contributed by atoms with van der Waals surface area (Å²) in [7, 11) is 1.26. The second-order valence-corrected chi connectivity index (χ2v) is 5.87. The standard InChI is InChI=1S/C19H17N5O3/c1-12-9-16(22-15-6-4-3-5-14(12)15)24-19(13(10-20)11-21-24)23-17(25)7-8-18(26)27-2/h3-6,9,11H,7-8H2,1-2H3,(H,23,25). The zero-order chi connectivity index (χ0) is 19.4. The molecule has 3 rings (SSSR count). The molecule has 0 aliphatic carbocycles. The van der Waals surface area contributed by atoms with Crippen LogP contribution in [0.2, 0.25) is 0 Å². The number of aryl methyl sites for hydroxylation is 1. The van der Waals surface area contributed by atoms with Gasteiger partial charge in [0.15, 0.2) is 11.6 Å². The lowest BCUT2D eigenvalue weighted by Gasteiger charge is -2.11. The Kier molecular flexibility index (Phi) is 5.13. The fraction of sp³-hybridized carbons (Fsp3) is 0.211. The number of para-hydroxylation sites is 1. The molecule has 0 fully saturated rings. The van der Waals surface area contributed by atoms with Crippen LogP contribution in [0.25, 0.3) is 16.7 Å². The van der Waals surface area contributed by atoms with Gasteiger partial charge < -0.3 is 10.1 Å². The third-order valence-electron chi connectivity index (χ3n) is 4.06. The van der Waals surface area contributed by atoms with E-state index in [1.165, 1.54) is 18.0 Å². The molecule has 1 aromatic carbocycles. The molecule has 0 bridgehead atoms. The van der Waals surface area contributed by atoms with Crippen molar-refractivity contribution in [1.29, 1.82) is 5.26 Å². The molecule has 0 radical (unpaired) electrons. The average molecular weight is 363 g/mol. The summed E-state index contributed by atoms with van der Waals surface area (Å²) in [6.45, 7) is 1.96. The number of nitrogens with one attached hydrogen (secondary N) is 1. The minimum Gasteiger partial charge on any atom is -0.469 e. The van der Waals surface area contributed by atoms with E-state index in [0.29, 0.717) is 5.82 Å². The van der Waals surface area contributed by atoms with E-state index >= 15 is 0 Å². The summed E-state index contributed by atoms with van der Waals surface area (Å²) in [5, 5.41) is 17.2. The van der Waals surface area contributed by atoms with Crippen LogP contribution in [0, 0.1) is 18.3 Å². The summed E-state index contributed by atoms with van der Waals surface area (Å²) in [6, 6.07) is 11.5. The topological polar surface area (TPSA) is 110 Å². The Balaban J connectivity index is 1.96. The lowest BCUT2D eigenvalue weighted by atomic mass is 10.1. The number of carbonyl (C=O) groups is 2. The highest BCUT2D eigenvalue weighted by molar-refractivity contribution is 5.93. The average Bonchev–Trinajstić information content (AvgIpc) is 3.08. The minimum absolute atomic E-state index is 0.0499. The van der Waals surface area contributed by atoms with Gasteiger partial charge in [-0.05, 0) is 24.6 Å². The van der Waals surface area contributed by atoms with E-state index < -0.39 is 11.9 Å². The summed E-state index contributed by atoms with van der Waals surface area (Å²) < 4.78 is 5.94. The van der Waals surface area contributed by atoms with Crippen LogP contribution in [-0.2, 0) is 14.3 Å². The molecule has 0 atom stereocenters. The molecule has 0 aliphatic heterocycles. The molecule has 1 amide bonds. The van der Waals surface area contributed by atoms with Gasteiger partial charge in [-0.3, -0.25) is 9.59 Å². The number of esters is 1. The van der Waals surface area contributed by atoms with Crippen molar-refractivity contribution in [1.82, 2.24) is 14.8 Å². The number of benzene rings is 1. The minimum atomic E-state index is -0.481. The van der Waals surface area contributed by atoms with Crippen molar-refractivity contribution in [3.63, 3.8) is 0 Å². The van der Waals surface area contributed by atoms with Gasteiger partial charge in [-0.2, -0.15) is 15.0 Å². The number of pyridine rings is 1. The van der Waals surface area contributed by atoms with Crippen LogP contribution < -0.4 is 5.32 Å². The van der Waals surface area contributed by atoms with Crippen LogP contribution in [0.1, 0.15) is 24.0 Å². The number of hydrogen-bond acceptors (Lipinski definition) is 6. The quantitative estimate of drug-likeness (QED) is 0.697. The first-order chi connectivity index (χ1) is 13.0. The fourth-order valence-electron chi connectivity index (χ4n) is 2.68. The summed E-state index contributed by atoms with van der Waals surface area (Å²) >= 11 is 0. The van der Waals surface area contributed by atoms with Crippen molar-refractivity contribution >= 4 is 28.6 Å². The van der Waals surface area contributed by atoms with E-state index in [2.05, 4.69) is 20.1 Å². The van der Waals surface area contributed by atoms with Crippen LogP contribution in [0.5, 0.6) is 0 Å². The molecular formula is C19H17N5O3. The highest BCUT2D eigenvalue weighted by Crippen LogP contribution is 2.23. The molecule has 27 heavy (non-hydrogen) atoms. The van der Waals surface area contributed by atoms with Gasteiger partial charge in [0.2, 0.25) is 5.91 Å². The number of nitriles is 1. The zero-order valence-corrected chi connectivity index (χ0v) is 14.9. The molecule has 0 unspecified atom stereocenters. The Morgan fingerprint density at radius 2 is 2.07 bits per heavy atom. The summed E-state index contributed by atoms with van der Waals surface area (Å²) in [6.07, 6.45) is 1.25. The van der Waals surface area contributed by atoms with Gasteiger partial charge in [0.1, 0.15) is 11.6 Å². The highest BCUT2D eigenvalue weighted by Gasteiger charge is 2.17. The van der Waals surface area contributed by atoms with Gasteiger partial charge in [0.05, 0.1) is 25.2 Å². The smallest absolute Gasteiger partial charge is 0.306 e. The van der Waals surface area contributed by atoms with Gasteiger partial charge in [-0.15, -0.1) is 0 Å². The predicted octanol–water partition coefficient (Wildman–Crippen LogP) is 2.49. The summed E-state index contributed by atoms with van der Waals surface area (Å²) in [5.41, 5.74) is 1.98. The Morgan fingerprint density at radius 1 is 1.30 bits per heavy atom. The van der Waals surface area contributed by atoms with Gasteiger partial charge in [0.25, 0.3) is 0 Å². The molecule has 2 aromatic heterocycles. The molecule has 0 aliphatic rings. The van der Waals surface area contributed by atoms with Gasteiger partial charge in [-0.25, -0.2) is 4.98 Å². The number of amides is 1. The Hall–Kier alpha value is -3.73. The Bertz CT molecular complexity index is 1060. The molecule has 2 heterocycles. The first kappa shape index (κ1) is 18.1. The van der Waals surface area contributed by atoms with Crippen molar-refractivity contribution in [2.24, 2.45) is 0 Å². The molecule has 3 aromatic rings. The molecule has 0 saturated carbocycles. The molecule has 1 N–H and O–H groups in total. The number of aromatic nitrogens is 3. The third kappa shape index (κ3) is 3.77. The second-order valence-electron chi connectivity index (χ2n) is 5.87. The molecule has 8 heteroatoms. The van der Waals surface area contributed by atoms with Crippen LogP contribution in [0.4, 0.5) is 5.82 Å². The fourth-order valence-corrected chi connectivity index (χ4v) is 2.68. The van der Waals surface area contributed by atoms with E-state index in [1.54, 1.807) is 0 Å². The first-order valence-corrected chi connectivity index (χ1v) is 8.25. The summed E-state index contributed by atoms with van der Waals surface area (Å²) in [5.74, 6) is -0.201. The lowest BCUT2D eigenvalue weighted by Crippen LogP contribution is -2.17. The van der Waals surface area contributed by atoms with Crippen LogP contribution >= 0.6 is 0 Å². The van der Waals surface area contributed by atoms with E-state index in [1.807, 2.05) is 43.3 Å². The number of ether oxygens (including phenoxy) is 1. The second kappa shape index (κ2) is 7.66. The highest BCUT2D eigenvalue weighted by atomic mass is 16.5. The lowest BCUT2D eigenvalue weighted by molar-refractivity contribution is -0.141. The van der Waals surface area contributed by atoms with E-state index in [4.69, 9.17) is 0 Å². The zero-order valence-electron chi connectivity index (χ0n) is 14.9. The maximum Gasteiger partial charge on any atom is 0.306 e. The molecule has 0 saturated heterocycles. The molecule has 8 nitrogen and oxygen atoms in total. The summed E-state index contributed by atoms with van der Waals surface area (Å²) in [4.78, 5) is 28.0. The number of methoxy groups -OCH3 is 1. The predicted molar refractivity (Wildman–Crippen MR) is 98.2 cm³/mol. The van der Waals surface area contributed by atoms with E-state index in [0.717, 1.165) is 16.5 Å². The first-order valence-electron chi connectivity index (χ1n) is 8.25. The number of nitrogens with zero attached hydrogens (tertiary/aromatic N) is 4. The van der Waals surface area contributed by atoms with Gasteiger partial charge in [0, 0.05) is 11.8 Å². The number of rotatable bonds is 5. The van der Waals surface area contributed by atoms with Crippen molar-refractivity contribution < 1.29 is 14.3 Å². The SMILES string of the molecule is COC(=O)CCC(=O)Nc1c(C#N)cnn1-c1cc(C)c2ccccc2n1. The largest absolute Gasteiger partial charge is 0.469 e. The van der Waals surface area contributed by atoms with Crippen molar-refractivity contribution in [2.45, 2.75) is 19.8 Å². The van der Waals surface area contributed by atoms with Crippen LogP contribution in [0.15, 0.2) is 36.5 Å². The third-order valence-corrected chi connectivity index (χ3v) is 4.06. The van der Waals surface area contributed by atoms with Crippen LogP contribution in [0.3, 0.4) is 0 Å². The van der Waals surface area contributed by atoms with E-state index in [9.17, 15) is 14.9 Å². The number of anilines is 1. The van der Waals surface area contributed by atoms with Gasteiger partial charge >= 0.3 is 5.97 Å². The molecule has 136 valence electrons. The molecular weight excluding hydrogens is 346 g/mol. The van der Waals surface area contributed by atoms with E-state index in [-0.39, 0.29) is 24.2 Å².